The maximum atomic E-state index is 11.0. The van der Waals surface area contributed by atoms with Gasteiger partial charge in [-0.05, 0) is 30.5 Å². The number of phosphoric ester groups is 1. The molecule has 0 aliphatic heterocycles. The topological polar surface area (TPSA) is 81.8 Å². The van der Waals surface area contributed by atoms with Crippen molar-refractivity contribution >= 4 is 7.82 Å². The van der Waals surface area contributed by atoms with Crippen molar-refractivity contribution in [3.8, 4) is 5.75 Å². The predicted octanol–water partition coefficient (Wildman–Crippen LogP) is 2.79. The normalized spacial score (nSPS) is 14.3. The van der Waals surface area contributed by atoms with E-state index in [9.17, 15) is 4.57 Å². The fraction of sp³-hybridized carbons (Fsp3) is 0.455. The zero-order chi connectivity index (χ0) is 12.7. The maximum absolute atomic E-state index is 11.0. The van der Waals surface area contributed by atoms with E-state index < -0.39 is 7.82 Å². The van der Waals surface area contributed by atoms with E-state index in [1.54, 1.807) is 12.1 Å². The van der Waals surface area contributed by atoms with Crippen LogP contribution in [0.4, 0.5) is 0 Å². The molecule has 0 bridgehead atoms. The van der Waals surface area contributed by atoms with Crippen molar-refractivity contribution in [2.75, 3.05) is 0 Å². The average Bonchev–Trinajstić information content (AvgIpc) is 2.31. The number of nitrogens with two attached hydrogens (primary N) is 1. The lowest BCUT2D eigenvalue weighted by molar-refractivity contribution is 0.208. The molecule has 0 spiro atoms. The van der Waals surface area contributed by atoms with Crippen LogP contribution in [-0.4, -0.2) is 4.89 Å². The summed E-state index contributed by atoms with van der Waals surface area (Å²) in [7, 11) is -4.16. The van der Waals surface area contributed by atoms with Gasteiger partial charge in [-0.2, -0.15) is 4.62 Å². The summed E-state index contributed by atoms with van der Waals surface area (Å²) in [5.74, 6) is 4.89. The molecule has 1 aromatic carbocycles. The van der Waals surface area contributed by atoms with E-state index in [0.717, 1.165) is 12.8 Å². The molecular weight excluding hydrogens is 241 g/mol. The fourth-order valence-corrected chi connectivity index (χ4v) is 1.88. The molecule has 1 unspecified atom stereocenters. The lowest BCUT2D eigenvalue weighted by Crippen LogP contribution is -2.02. The Kier molecular flexibility index (Phi) is 5.65. The Morgan fingerprint density at radius 3 is 2.47 bits per heavy atom. The second kappa shape index (κ2) is 6.77. The highest BCUT2D eigenvalue weighted by molar-refractivity contribution is 7.47. The molecule has 1 atom stereocenters. The van der Waals surface area contributed by atoms with Gasteiger partial charge in [0.25, 0.3) is 0 Å². The number of rotatable bonds is 7. The summed E-state index contributed by atoms with van der Waals surface area (Å²) in [6, 6.07) is 6.98. The number of unbranched alkanes of at least 4 members (excludes halogenated alkanes) is 2. The van der Waals surface area contributed by atoms with Crippen LogP contribution in [-0.2, 0) is 15.6 Å². The Balaban J connectivity index is 2.53. The van der Waals surface area contributed by atoms with Gasteiger partial charge in [0.1, 0.15) is 5.75 Å². The lowest BCUT2D eigenvalue weighted by Gasteiger charge is -2.09. The summed E-state index contributed by atoms with van der Waals surface area (Å²) < 4.78 is 19.6. The second-order valence-electron chi connectivity index (χ2n) is 3.77. The molecule has 0 fully saturated rings. The number of benzene rings is 1. The molecule has 5 nitrogen and oxygen atoms in total. The van der Waals surface area contributed by atoms with Gasteiger partial charge in [-0.15, -0.1) is 0 Å². The van der Waals surface area contributed by atoms with Gasteiger partial charge in [-0.1, -0.05) is 31.9 Å². The molecule has 0 saturated carbocycles. The second-order valence-corrected chi connectivity index (χ2v) is 5.10. The van der Waals surface area contributed by atoms with Crippen molar-refractivity contribution in [1.82, 2.24) is 0 Å². The van der Waals surface area contributed by atoms with Gasteiger partial charge in [0.2, 0.25) is 0 Å². The molecule has 1 rings (SSSR count). The predicted molar refractivity (Wildman–Crippen MR) is 65.4 cm³/mol. The summed E-state index contributed by atoms with van der Waals surface area (Å²) in [4.78, 5) is 9.01. The molecule has 0 aromatic heterocycles. The van der Waals surface area contributed by atoms with E-state index in [1.807, 2.05) is 12.1 Å². The van der Waals surface area contributed by atoms with E-state index in [4.69, 9.17) is 9.42 Å². The number of hydrogen-bond acceptors (Lipinski definition) is 4. The fourth-order valence-electron chi connectivity index (χ4n) is 1.45. The molecular formula is C11H18NO4P. The summed E-state index contributed by atoms with van der Waals surface area (Å²) >= 11 is 0. The Bertz CT molecular complexity index is 380. The third kappa shape index (κ3) is 5.33. The Morgan fingerprint density at radius 1 is 1.29 bits per heavy atom. The SMILES string of the molecule is CCCCCc1ccc(OP(=O)(O)ON)cc1. The van der Waals surface area contributed by atoms with Crippen LogP contribution in [0.15, 0.2) is 24.3 Å². The van der Waals surface area contributed by atoms with Crippen LogP contribution < -0.4 is 10.4 Å². The van der Waals surface area contributed by atoms with E-state index in [2.05, 4.69) is 17.4 Å². The minimum Gasteiger partial charge on any atom is -0.403 e. The summed E-state index contributed by atoms with van der Waals surface area (Å²) in [6.45, 7) is 2.16. The largest absolute Gasteiger partial charge is 0.544 e. The van der Waals surface area contributed by atoms with Gasteiger partial charge in [0.05, 0.1) is 0 Å². The summed E-state index contributed by atoms with van der Waals surface area (Å²) in [6.07, 6.45) is 4.52. The van der Waals surface area contributed by atoms with Gasteiger partial charge in [0.15, 0.2) is 0 Å². The molecule has 0 radical (unpaired) electrons. The first-order chi connectivity index (χ1) is 8.07. The van der Waals surface area contributed by atoms with Crippen molar-refractivity contribution < 1.29 is 18.6 Å². The van der Waals surface area contributed by atoms with E-state index in [1.165, 1.54) is 18.4 Å². The van der Waals surface area contributed by atoms with Crippen LogP contribution in [0.1, 0.15) is 31.7 Å². The minimum atomic E-state index is -4.16. The lowest BCUT2D eigenvalue weighted by atomic mass is 10.1. The Labute approximate surface area is 101 Å². The third-order valence-corrected chi connectivity index (χ3v) is 3.05. The first-order valence-electron chi connectivity index (χ1n) is 5.57. The van der Waals surface area contributed by atoms with Crippen LogP contribution in [0.3, 0.4) is 0 Å². The Hall–Kier alpha value is -0.870. The van der Waals surface area contributed by atoms with Crippen molar-refractivity contribution in [2.24, 2.45) is 5.90 Å². The van der Waals surface area contributed by atoms with Crippen molar-refractivity contribution in [1.29, 1.82) is 0 Å². The van der Waals surface area contributed by atoms with Crippen LogP contribution in [0, 0.1) is 0 Å². The molecule has 96 valence electrons. The Morgan fingerprint density at radius 2 is 1.94 bits per heavy atom. The van der Waals surface area contributed by atoms with Crippen LogP contribution in [0.5, 0.6) is 5.75 Å². The molecule has 0 aliphatic rings. The smallest absolute Gasteiger partial charge is 0.403 e. The van der Waals surface area contributed by atoms with Crippen LogP contribution in [0.2, 0.25) is 0 Å². The minimum absolute atomic E-state index is 0.264. The number of aryl methyl sites for hydroxylation is 1. The van der Waals surface area contributed by atoms with Crippen LogP contribution >= 0.6 is 7.82 Å². The zero-order valence-corrected chi connectivity index (χ0v) is 10.7. The molecule has 0 heterocycles. The zero-order valence-electron chi connectivity index (χ0n) is 9.83. The van der Waals surface area contributed by atoms with Crippen molar-refractivity contribution in [3.05, 3.63) is 29.8 Å². The molecule has 0 aliphatic carbocycles. The van der Waals surface area contributed by atoms with Gasteiger partial charge in [-0.3, -0.25) is 4.89 Å². The molecule has 1 aromatic rings. The molecule has 0 amide bonds. The standard InChI is InChI=1S/C11H18NO4P/c1-2-3-4-5-10-6-8-11(9-7-10)15-17(13,14)16-12/h6-9H,2-5,12H2,1H3,(H,13,14). The summed E-state index contributed by atoms with van der Waals surface area (Å²) in [5, 5.41) is 0. The quantitative estimate of drug-likeness (QED) is 0.447. The molecule has 17 heavy (non-hydrogen) atoms. The number of hydrogen-bond donors (Lipinski definition) is 2. The number of phosphoric acid groups is 1. The van der Waals surface area contributed by atoms with E-state index in [-0.39, 0.29) is 5.75 Å². The van der Waals surface area contributed by atoms with E-state index >= 15 is 0 Å². The van der Waals surface area contributed by atoms with Crippen LogP contribution in [0.25, 0.3) is 0 Å². The highest BCUT2D eigenvalue weighted by Crippen LogP contribution is 2.41. The first kappa shape index (κ1) is 14.2. The van der Waals surface area contributed by atoms with Gasteiger partial charge >= 0.3 is 7.82 Å². The van der Waals surface area contributed by atoms with Crippen molar-refractivity contribution in [2.45, 2.75) is 32.6 Å². The molecule has 0 saturated heterocycles. The van der Waals surface area contributed by atoms with E-state index in [0.29, 0.717) is 0 Å². The van der Waals surface area contributed by atoms with Gasteiger partial charge < -0.3 is 4.52 Å². The van der Waals surface area contributed by atoms with Crippen molar-refractivity contribution in [3.63, 3.8) is 0 Å². The average molecular weight is 259 g/mol. The first-order valence-corrected chi connectivity index (χ1v) is 7.07. The van der Waals surface area contributed by atoms with Gasteiger partial charge in [0, 0.05) is 0 Å². The highest BCUT2D eigenvalue weighted by Gasteiger charge is 2.21. The van der Waals surface area contributed by atoms with Gasteiger partial charge in [-0.25, -0.2) is 10.5 Å². The molecule has 3 N–H and O–H groups in total. The summed E-state index contributed by atoms with van der Waals surface area (Å²) in [5.41, 5.74) is 1.17. The monoisotopic (exact) mass is 259 g/mol. The maximum Gasteiger partial charge on any atom is 0.544 e. The third-order valence-electron chi connectivity index (χ3n) is 2.35. The highest BCUT2D eigenvalue weighted by atomic mass is 31.2. The molecule has 6 heteroatoms.